The molecule has 0 saturated carbocycles. The number of hydrazine groups is 1. The smallest absolute Gasteiger partial charge is 0.354 e. The van der Waals surface area contributed by atoms with E-state index in [0.29, 0.717) is 19.4 Å². The summed E-state index contributed by atoms with van der Waals surface area (Å²) in [5.41, 5.74) is 10.4. The first-order chi connectivity index (χ1) is 10.4. The Morgan fingerprint density at radius 1 is 1.41 bits per heavy atom. The number of nitrogens with one attached hydrogen (secondary N) is 3. The largest absolute Gasteiger partial charge is 0.433 e. The van der Waals surface area contributed by atoms with Crippen molar-refractivity contribution in [2.45, 2.75) is 31.2 Å². The number of alkyl halides is 3. The molecule has 22 heavy (non-hydrogen) atoms. The van der Waals surface area contributed by atoms with E-state index in [9.17, 15) is 13.2 Å². The highest BCUT2D eigenvalue weighted by molar-refractivity contribution is 5.25. The first kappa shape index (κ1) is 16.4. The standard InChI is InChI=1S/C12H16F3N7/c13-12(14,15)9-3-5-19-11(20-9)18-4-1-2-8-7(6-16)10(17)22-21-8/h3,5,7-8,10,21-22H,1-2,4,17H2,(H,18,19,20). The molecule has 0 radical (unpaired) electrons. The number of hydrogen-bond acceptors (Lipinski definition) is 7. The van der Waals surface area contributed by atoms with Gasteiger partial charge in [0.05, 0.1) is 18.2 Å². The van der Waals surface area contributed by atoms with Crippen LogP contribution in [0.5, 0.6) is 0 Å². The van der Waals surface area contributed by atoms with E-state index >= 15 is 0 Å². The van der Waals surface area contributed by atoms with Crippen molar-refractivity contribution in [1.29, 1.82) is 5.26 Å². The average molecular weight is 315 g/mol. The molecule has 1 fully saturated rings. The van der Waals surface area contributed by atoms with Crippen LogP contribution < -0.4 is 21.9 Å². The van der Waals surface area contributed by atoms with Gasteiger partial charge in [-0.05, 0) is 18.9 Å². The van der Waals surface area contributed by atoms with Gasteiger partial charge in [0, 0.05) is 18.8 Å². The zero-order chi connectivity index (χ0) is 16.2. The van der Waals surface area contributed by atoms with E-state index < -0.39 is 18.0 Å². The second-order valence-electron chi connectivity index (χ2n) is 4.91. The van der Waals surface area contributed by atoms with Gasteiger partial charge in [0.1, 0.15) is 5.69 Å². The Morgan fingerprint density at radius 2 is 2.18 bits per heavy atom. The molecule has 7 nitrogen and oxygen atoms in total. The second kappa shape index (κ2) is 6.87. The molecule has 0 aromatic carbocycles. The normalized spacial score (nSPS) is 25.0. The average Bonchev–Trinajstić information content (AvgIpc) is 2.83. The summed E-state index contributed by atoms with van der Waals surface area (Å²) in [4.78, 5) is 7.15. The minimum Gasteiger partial charge on any atom is -0.354 e. The molecule has 3 unspecified atom stereocenters. The number of anilines is 1. The maximum absolute atomic E-state index is 12.5. The Balaban J connectivity index is 1.79. The maximum Gasteiger partial charge on any atom is 0.433 e. The minimum absolute atomic E-state index is 0.0686. The molecule has 1 saturated heterocycles. The summed E-state index contributed by atoms with van der Waals surface area (Å²) in [6.45, 7) is 0.396. The van der Waals surface area contributed by atoms with Crippen LogP contribution in [0.4, 0.5) is 19.1 Å². The van der Waals surface area contributed by atoms with Crippen molar-refractivity contribution in [3.63, 3.8) is 0 Å². The van der Waals surface area contributed by atoms with E-state index in [1.165, 1.54) is 0 Å². The number of hydrogen-bond donors (Lipinski definition) is 4. The quantitative estimate of drug-likeness (QED) is 0.588. The van der Waals surface area contributed by atoms with Gasteiger partial charge >= 0.3 is 6.18 Å². The van der Waals surface area contributed by atoms with Crippen LogP contribution in [0.1, 0.15) is 18.5 Å². The van der Waals surface area contributed by atoms with Crippen molar-refractivity contribution >= 4 is 5.95 Å². The molecule has 2 heterocycles. The number of rotatable bonds is 5. The minimum atomic E-state index is -4.49. The molecule has 120 valence electrons. The summed E-state index contributed by atoms with van der Waals surface area (Å²) in [5.74, 6) is -0.411. The van der Waals surface area contributed by atoms with Crippen LogP contribution in [0.3, 0.4) is 0 Å². The number of halogens is 3. The van der Waals surface area contributed by atoms with Gasteiger partial charge in [0.25, 0.3) is 0 Å². The first-order valence-corrected chi connectivity index (χ1v) is 6.72. The fourth-order valence-electron chi connectivity index (χ4n) is 2.18. The molecule has 1 aliphatic heterocycles. The van der Waals surface area contributed by atoms with E-state index in [2.05, 4.69) is 32.2 Å². The van der Waals surface area contributed by atoms with Crippen molar-refractivity contribution in [2.75, 3.05) is 11.9 Å². The summed E-state index contributed by atoms with van der Waals surface area (Å²) in [6.07, 6.45) is -2.58. The highest BCUT2D eigenvalue weighted by Crippen LogP contribution is 2.27. The topological polar surface area (TPSA) is 112 Å². The summed E-state index contributed by atoms with van der Waals surface area (Å²) >= 11 is 0. The van der Waals surface area contributed by atoms with Crippen molar-refractivity contribution in [2.24, 2.45) is 11.7 Å². The molecule has 0 spiro atoms. The van der Waals surface area contributed by atoms with Gasteiger partial charge in [-0.1, -0.05) is 0 Å². The molecule has 0 amide bonds. The van der Waals surface area contributed by atoms with Crippen LogP contribution in [0.2, 0.25) is 0 Å². The zero-order valence-electron chi connectivity index (χ0n) is 11.6. The predicted molar refractivity (Wildman–Crippen MR) is 71.9 cm³/mol. The lowest BCUT2D eigenvalue weighted by Gasteiger charge is -2.14. The van der Waals surface area contributed by atoms with Crippen LogP contribution in [-0.4, -0.2) is 28.7 Å². The first-order valence-electron chi connectivity index (χ1n) is 6.72. The van der Waals surface area contributed by atoms with E-state index in [1.54, 1.807) is 0 Å². The van der Waals surface area contributed by atoms with Crippen molar-refractivity contribution < 1.29 is 13.2 Å². The van der Waals surface area contributed by atoms with E-state index in [4.69, 9.17) is 11.0 Å². The molecule has 1 aromatic heterocycles. The SMILES string of the molecule is N#CC1C(N)NNC1CCCNc1nccc(C(F)(F)F)n1. The number of nitrogens with zero attached hydrogens (tertiary/aromatic N) is 3. The van der Waals surface area contributed by atoms with Gasteiger partial charge < -0.3 is 11.1 Å². The van der Waals surface area contributed by atoms with Crippen LogP contribution in [-0.2, 0) is 6.18 Å². The molecule has 10 heteroatoms. The van der Waals surface area contributed by atoms with Crippen molar-refractivity contribution in [3.05, 3.63) is 18.0 Å². The van der Waals surface area contributed by atoms with E-state index in [0.717, 1.165) is 12.3 Å². The van der Waals surface area contributed by atoms with E-state index in [-0.39, 0.29) is 17.9 Å². The lowest BCUT2D eigenvalue weighted by molar-refractivity contribution is -0.141. The number of aromatic nitrogens is 2. The molecule has 0 bridgehead atoms. The third-order valence-corrected chi connectivity index (χ3v) is 3.33. The highest BCUT2D eigenvalue weighted by Gasteiger charge is 2.33. The molecular formula is C12H16F3N7. The molecular weight excluding hydrogens is 299 g/mol. The third-order valence-electron chi connectivity index (χ3n) is 3.33. The van der Waals surface area contributed by atoms with Crippen LogP contribution in [0.15, 0.2) is 12.3 Å². The maximum atomic E-state index is 12.5. The number of nitrogens with two attached hydrogens (primary N) is 1. The fourth-order valence-corrected chi connectivity index (χ4v) is 2.18. The lowest BCUT2D eigenvalue weighted by atomic mass is 9.97. The number of nitriles is 1. The zero-order valence-corrected chi connectivity index (χ0v) is 11.6. The molecule has 1 aromatic rings. The monoisotopic (exact) mass is 315 g/mol. The predicted octanol–water partition coefficient (Wildman–Crippen LogP) is 0.588. The van der Waals surface area contributed by atoms with Gasteiger partial charge in [0.15, 0.2) is 0 Å². The summed E-state index contributed by atoms with van der Waals surface area (Å²) in [5, 5.41) is 11.7. The summed E-state index contributed by atoms with van der Waals surface area (Å²) in [7, 11) is 0. The van der Waals surface area contributed by atoms with Crippen molar-refractivity contribution in [1.82, 2.24) is 20.8 Å². The Hall–Kier alpha value is -1.96. The highest BCUT2D eigenvalue weighted by atomic mass is 19.4. The Kier molecular flexibility index (Phi) is 5.12. The Labute approximate surface area is 125 Å². The van der Waals surface area contributed by atoms with Gasteiger partial charge in [-0.2, -0.15) is 18.4 Å². The second-order valence-corrected chi connectivity index (χ2v) is 4.91. The van der Waals surface area contributed by atoms with Gasteiger partial charge in [-0.25, -0.2) is 15.4 Å². The Bertz CT molecular complexity index is 542. The fraction of sp³-hybridized carbons (Fsp3) is 0.583. The summed E-state index contributed by atoms with van der Waals surface area (Å²) in [6, 6.07) is 2.85. The molecule has 3 atom stereocenters. The summed E-state index contributed by atoms with van der Waals surface area (Å²) < 4.78 is 37.5. The Morgan fingerprint density at radius 3 is 2.86 bits per heavy atom. The molecule has 2 rings (SSSR count). The van der Waals surface area contributed by atoms with Crippen LogP contribution in [0, 0.1) is 17.2 Å². The van der Waals surface area contributed by atoms with Gasteiger partial charge in [-0.3, -0.25) is 5.43 Å². The third kappa shape index (κ3) is 4.03. The van der Waals surface area contributed by atoms with E-state index in [1.807, 2.05) is 0 Å². The molecule has 1 aliphatic rings. The van der Waals surface area contributed by atoms with Gasteiger partial charge in [0.2, 0.25) is 5.95 Å². The van der Waals surface area contributed by atoms with Gasteiger partial charge in [-0.15, -0.1) is 0 Å². The van der Waals surface area contributed by atoms with Crippen molar-refractivity contribution in [3.8, 4) is 6.07 Å². The lowest BCUT2D eigenvalue weighted by Crippen LogP contribution is -2.38. The molecule has 5 N–H and O–H groups in total. The molecule has 0 aliphatic carbocycles. The van der Waals surface area contributed by atoms with Crippen LogP contribution in [0.25, 0.3) is 0 Å². The van der Waals surface area contributed by atoms with Crippen LogP contribution >= 0.6 is 0 Å².